The molecule has 0 radical (unpaired) electrons. The number of nitrogens with zero attached hydrogens (tertiary/aromatic N) is 1. The summed E-state index contributed by atoms with van der Waals surface area (Å²) in [5.41, 5.74) is 7.61. The molecule has 1 fully saturated rings. The van der Waals surface area contributed by atoms with Crippen LogP contribution in [0.1, 0.15) is 25.3 Å². The van der Waals surface area contributed by atoms with Gasteiger partial charge < -0.3 is 20.7 Å². The molecule has 0 bridgehead atoms. The van der Waals surface area contributed by atoms with Gasteiger partial charge in [-0.25, -0.2) is 0 Å². The molecule has 4 N–H and O–H groups in total. The van der Waals surface area contributed by atoms with Crippen LogP contribution in [-0.4, -0.2) is 47.7 Å². The summed E-state index contributed by atoms with van der Waals surface area (Å²) in [5.74, 6) is 1.32. The summed E-state index contributed by atoms with van der Waals surface area (Å²) in [6.07, 6.45) is 3.36. The lowest BCUT2D eigenvalue weighted by Crippen LogP contribution is -2.38. The molecule has 0 aromatic heterocycles. The summed E-state index contributed by atoms with van der Waals surface area (Å²) in [6, 6.07) is 10.6. The minimum absolute atomic E-state index is 0.174. The van der Waals surface area contributed by atoms with Gasteiger partial charge in [-0.1, -0.05) is 43.7 Å². The summed E-state index contributed by atoms with van der Waals surface area (Å²) in [5, 5.41) is 17.9. The third-order valence-corrected chi connectivity index (χ3v) is 4.71. The second-order valence-electron chi connectivity index (χ2n) is 6.82. The highest BCUT2D eigenvalue weighted by Crippen LogP contribution is 2.27. The molecule has 1 aliphatic heterocycles. The second-order valence-corrected chi connectivity index (χ2v) is 6.82. The van der Waals surface area contributed by atoms with E-state index in [0.29, 0.717) is 18.2 Å². The predicted octanol–water partition coefficient (Wildman–Crippen LogP) is 1.38. The van der Waals surface area contributed by atoms with E-state index in [-0.39, 0.29) is 6.04 Å². The Kier molecular flexibility index (Phi) is 6.89. The van der Waals surface area contributed by atoms with E-state index >= 15 is 0 Å². The van der Waals surface area contributed by atoms with E-state index in [2.05, 4.69) is 36.1 Å². The Morgan fingerprint density at radius 1 is 1.27 bits per heavy atom. The van der Waals surface area contributed by atoms with Crippen molar-refractivity contribution in [1.82, 2.24) is 4.90 Å². The van der Waals surface area contributed by atoms with Gasteiger partial charge in [0, 0.05) is 25.7 Å². The maximum Gasteiger partial charge on any atom is 0.451 e. The first-order chi connectivity index (χ1) is 10.5. The van der Waals surface area contributed by atoms with Crippen molar-refractivity contribution in [2.75, 3.05) is 19.6 Å². The normalized spacial score (nSPS) is 23.6. The number of nitrogens with two attached hydrogens (primary N) is 1. The maximum atomic E-state index is 8.93. The van der Waals surface area contributed by atoms with Crippen molar-refractivity contribution in [3.05, 3.63) is 35.9 Å². The standard InChI is InChI=1S/C17H29BN2O2/c1-14-11-20(12-16(14)8-5-9-18(21)22)13-17(19)10-15-6-3-2-4-7-15/h2-4,6-7,14,16-17,21-22H,5,8-13,19H2,1H3/t14-,16+,17?/m1/s1. The fourth-order valence-corrected chi connectivity index (χ4v) is 3.54. The van der Waals surface area contributed by atoms with Crippen LogP contribution in [0.4, 0.5) is 0 Å². The van der Waals surface area contributed by atoms with Gasteiger partial charge in [-0.05, 0) is 36.6 Å². The van der Waals surface area contributed by atoms with Gasteiger partial charge in [-0.2, -0.15) is 0 Å². The van der Waals surface area contributed by atoms with Crippen molar-refractivity contribution in [3.8, 4) is 0 Å². The quantitative estimate of drug-likeness (QED) is 0.635. The van der Waals surface area contributed by atoms with Crippen molar-refractivity contribution in [2.24, 2.45) is 17.6 Å². The van der Waals surface area contributed by atoms with Crippen LogP contribution in [0.25, 0.3) is 0 Å². The minimum atomic E-state index is -1.16. The molecule has 1 unspecified atom stereocenters. The van der Waals surface area contributed by atoms with Crippen LogP contribution < -0.4 is 5.73 Å². The Morgan fingerprint density at radius 2 is 2.00 bits per heavy atom. The van der Waals surface area contributed by atoms with Gasteiger partial charge >= 0.3 is 7.12 Å². The Labute approximate surface area is 134 Å². The molecule has 1 heterocycles. The Bertz CT molecular complexity index is 430. The number of hydrogen-bond acceptors (Lipinski definition) is 4. The molecule has 22 heavy (non-hydrogen) atoms. The van der Waals surface area contributed by atoms with Crippen molar-refractivity contribution in [2.45, 2.75) is 38.5 Å². The molecule has 122 valence electrons. The van der Waals surface area contributed by atoms with Crippen molar-refractivity contribution in [1.29, 1.82) is 0 Å². The highest BCUT2D eigenvalue weighted by atomic mass is 16.4. The zero-order valence-corrected chi connectivity index (χ0v) is 13.6. The van der Waals surface area contributed by atoms with Gasteiger partial charge in [0.1, 0.15) is 0 Å². The number of benzene rings is 1. The van der Waals surface area contributed by atoms with E-state index in [9.17, 15) is 0 Å². The highest BCUT2D eigenvalue weighted by molar-refractivity contribution is 6.40. The largest absolute Gasteiger partial charge is 0.451 e. The fraction of sp³-hybridized carbons (Fsp3) is 0.647. The molecule has 1 saturated heterocycles. The lowest BCUT2D eigenvalue weighted by Gasteiger charge is -2.21. The van der Waals surface area contributed by atoms with E-state index in [1.807, 2.05) is 6.07 Å². The summed E-state index contributed by atoms with van der Waals surface area (Å²) in [6.45, 7) is 5.43. The molecule has 0 aliphatic carbocycles. The van der Waals surface area contributed by atoms with Crippen LogP contribution in [0.2, 0.25) is 6.32 Å². The minimum Gasteiger partial charge on any atom is -0.427 e. The molecule has 0 amide bonds. The first-order valence-corrected chi connectivity index (χ1v) is 8.42. The predicted molar refractivity (Wildman–Crippen MR) is 91.4 cm³/mol. The zero-order chi connectivity index (χ0) is 15.9. The van der Waals surface area contributed by atoms with Crippen molar-refractivity contribution >= 4 is 7.12 Å². The van der Waals surface area contributed by atoms with Gasteiger partial charge in [0.15, 0.2) is 0 Å². The van der Waals surface area contributed by atoms with Crippen molar-refractivity contribution in [3.63, 3.8) is 0 Å². The van der Waals surface area contributed by atoms with Gasteiger partial charge in [0.25, 0.3) is 0 Å². The molecule has 2 rings (SSSR count). The Hall–Kier alpha value is -0.875. The molecule has 4 nitrogen and oxygen atoms in total. The van der Waals surface area contributed by atoms with Gasteiger partial charge in [-0.3, -0.25) is 0 Å². The third kappa shape index (κ3) is 5.73. The molecule has 3 atom stereocenters. The molecule has 1 aromatic rings. The molecule has 0 saturated carbocycles. The Balaban J connectivity index is 1.72. The molecule has 0 spiro atoms. The smallest absolute Gasteiger partial charge is 0.427 e. The highest BCUT2D eigenvalue weighted by Gasteiger charge is 2.30. The van der Waals surface area contributed by atoms with E-state index in [1.54, 1.807) is 0 Å². The molecular weight excluding hydrogens is 275 g/mol. The van der Waals surface area contributed by atoms with E-state index in [4.69, 9.17) is 15.8 Å². The Morgan fingerprint density at radius 3 is 2.68 bits per heavy atom. The van der Waals surface area contributed by atoms with Gasteiger partial charge in [0.05, 0.1) is 0 Å². The fourth-order valence-electron chi connectivity index (χ4n) is 3.54. The molecule has 5 heteroatoms. The van der Waals surface area contributed by atoms with E-state index in [1.165, 1.54) is 5.56 Å². The van der Waals surface area contributed by atoms with Gasteiger partial charge in [0.2, 0.25) is 0 Å². The average molecular weight is 304 g/mol. The first kappa shape index (κ1) is 17.5. The zero-order valence-electron chi connectivity index (χ0n) is 13.6. The topological polar surface area (TPSA) is 69.7 Å². The maximum absolute atomic E-state index is 8.93. The average Bonchev–Trinajstić information content (AvgIpc) is 2.79. The van der Waals surface area contributed by atoms with E-state index < -0.39 is 7.12 Å². The van der Waals surface area contributed by atoms with E-state index in [0.717, 1.165) is 38.9 Å². The van der Waals surface area contributed by atoms with Crippen LogP contribution in [0, 0.1) is 11.8 Å². The number of likely N-dealkylation sites (tertiary alicyclic amines) is 1. The lowest BCUT2D eigenvalue weighted by molar-refractivity contribution is 0.296. The number of rotatable bonds is 8. The van der Waals surface area contributed by atoms with Crippen LogP contribution in [0.3, 0.4) is 0 Å². The van der Waals surface area contributed by atoms with Crippen LogP contribution in [-0.2, 0) is 6.42 Å². The van der Waals surface area contributed by atoms with Crippen LogP contribution in [0.5, 0.6) is 0 Å². The van der Waals surface area contributed by atoms with Crippen LogP contribution >= 0.6 is 0 Å². The summed E-state index contributed by atoms with van der Waals surface area (Å²) in [4.78, 5) is 2.47. The second kappa shape index (κ2) is 8.68. The molecule has 1 aromatic carbocycles. The summed E-state index contributed by atoms with van der Waals surface area (Å²) >= 11 is 0. The first-order valence-electron chi connectivity index (χ1n) is 8.42. The van der Waals surface area contributed by atoms with Crippen molar-refractivity contribution < 1.29 is 10.0 Å². The summed E-state index contributed by atoms with van der Waals surface area (Å²) < 4.78 is 0. The summed E-state index contributed by atoms with van der Waals surface area (Å²) in [7, 11) is -1.16. The SMILES string of the molecule is C[C@@H]1CN(CC(N)Cc2ccccc2)C[C@@H]1CCCB(O)O. The monoisotopic (exact) mass is 304 g/mol. The van der Waals surface area contributed by atoms with Crippen LogP contribution in [0.15, 0.2) is 30.3 Å². The van der Waals surface area contributed by atoms with Gasteiger partial charge in [-0.15, -0.1) is 0 Å². The lowest BCUT2D eigenvalue weighted by atomic mass is 9.81. The molecular formula is C17H29BN2O2. The number of hydrogen-bond donors (Lipinski definition) is 3. The third-order valence-electron chi connectivity index (χ3n) is 4.71. The molecule has 1 aliphatic rings.